The van der Waals surface area contributed by atoms with Crippen LogP contribution in [0.3, 0.4) is 0 Å². The van der Waals surface area contributed by atoms with Gasteiger partial charge in [0.1, 0.15) is 11.0 Å². The third-order valence-corrected chi connectivity index (χ3v) is 3.97. The minimum absolute atomic E-state index is 0.173. The average molecular weight is 268 g/mol. The Morgan fingerprint density at radius 2 is 1.89 bits per heavy atom. The maximum atomic E-state index is 11.7. The molecule has 0 N–H and O–H groups in total. The van der Waals surface area contributed by atoms with E-state index in [-0.39, 0.29) is 17.1 Å². The Labute approximate surface area is 113 Å². The number of carbonyl (C=O) groups is 1. The third-order valence-electron chi connectivity index (χ3n) is 2.44. The van der Waals surface area contributed by atoms with Gasteiger partial charge in [0, 0.05) is 4.90 Å². The highest BCUT2D eigenvalue weighted by Gasteiger charge is 2.24. The molecule has 0 spiro atoms. The van der Waals surface area contributed by atoms with Crippen LogP contribution in [0.5, 0.6) is 5.75 Å². The summed E-state index contributed by atoms with van der Waals surface area (Å²) in [4.78, 5) is 12.7. The zero-order valence-corrected chi connectivity index (χ0v) is 12.1. The Balaban J connectivity index is 2.72. The van der Waals surface area contributed by atoms with E-state index >= 15 is 0 Å². The minimum atomic E-state index is -0.177. The molecule has 100 valence electrons. The lowest BCUT2D eigenvalue weighted by Crippen LogP contribution is -2.24. The molecule has 0 fully saturated rings. The zero-order chi connectivity index (χ0) is 13.5. The maximum absolute atomic E-state index is 11.7. The highest BCUT2D eigenvalue weighted by molar-refractivity contribution is 8.00. The molecule has 0 aromatic heterocycles. The molecule has 1 aromatic carbocycles. The molecule has 1 aromatic rings. The van der Waals surface area contributed by atoms with Crippen LogP contribution in [0.2, 0.25) is 0 Å². The molecule has 1 rings (SSSR count). The van der Waals surface area contributed by atoms with Crippen molar-refractivity contribution in [3.8, 4) is 5.75 Å². The van der Waals surface area contributed by atoms with Gasteiger partial charge in [0.25, 0.3) is 0 Å². The number of rotatable bonds is 6. The normalized spacial score (nSPS) is 12.3. The number of thioether (sulfide) groups is 1. The number of ether oxygens (including phenoxy) is 2. The van der Waals surface area contributed by atoms with Crippen molar-refractivity contribution in [2.24, 2.45) is 5.92 Å². The van der Waals surface area contributed by atoms with Crippen molar-refractivity contribution in [2.75, 3.05) is 13.7 Å². The van der Waals surface area contributed by atoms with E-state index in [1.165, 1.54) is 18.9 Å². The van der Waals surface area contributed by atoms with Crippen LogP contribution in [-0.2, 0) is 9.53 Å². The summed E-state index contributed by atoms with van der Waals surface area (Å²) in [6, 6.07) is 7.77. The van der Waals surface area contributed by atoms with E-state index in [2.05, 4.69) is 0 Å². The molecule has 0 amide bonds. The number of esters is 1. The summed E-state index contributed by atoms with van der Waals surface area (Å²) in [5.41, 5.74) is 0. The molecule has 0 saturated heterocycles. The fourth-order valence-electron chi connectivity index (χ4n) is 1.50. The van der Waals surface area contributed by atoms with Crippen LogP contribution >= 0.6 is 11.8 Å². The van der Waals surface area contributed by atoms with E-state index in [9.17, 15) is 4.79 Å². The average Bonchev–Trinajstić information content (AvgIpc) is 2.37. The second-order valence-corrected chi connectivity index (χ2v) is 5.43. The Morgan fingerprint density at radius 3 is 2.33 bits per heavy atom. The van der Waals surface area contributed by atoms with Gasteiger partial charge in [-0.05, 0) is 37.1 Å². The van der Waals surface area contributed by atoms with Crippen molar-refractivity contribution in [1.82, 2.24) is 0 Å². The van der Waals surface area contributed by atoms with Crippen LogP contribution in [-0.4, -0.2) is 24.9 Å². The molecule has 1 atom stereocenters. The number of hydrogen-bond donors (Lipinski definition) is 0. The topological polar surface area (TPSA) is 35.5 Å². The fourth-order valence-corrected chi connectivity index (χ4v) is 2.55. The zero-order valence-electron chi connectivity index (χ0n) is 11.3. The minimum Gasteiger partial charge on any atom is -0.494 e. The Kier molecular flexibility index (Phi) is 6.05. The first-order valence-electron chi connectivity index (χ1n) is 6.05. The predicted molar refractivity (Wildman–Crippen MR) is 74.1 cm³/mol. The smallest absolute Gasteiger partial charge is 0.319 e. The Hall–Kier alpha value is -1.16. The van der Waals surface area contributed by atoms with E-state index < -0.39 is 0 Å². The molecule has 0 heterocycles. The van der Waals surface area contributed by atoms with Gasteiger partial charge in [-0.3, -0.25) is 4.79 Å². The maximum Gasteiger partial charge on any atom is 0.319 e. The van der Waals surface area contributed by atoms with Gasteiger partial charge in [-0.1, -0.05) is 13.8 Å². The first-order valence-corrected chi connectivity index (χ1v) is 6.93. The predicted octanol–water partition coefficient (Wildman–Crippen LogP) is 3.38. The van der Waals surface area contributed by atoms with E-state index in [4.69, 9.17) is 9.47 Å². The molecular formula is C14H20O3S. The van der Waals surface area contributed by atoms with Crippen LogP contribution in [0.25, 0.3) is 0 Å². The van der Waals surface area contributed by atoms with Crippen LogP contribution in [0, 0.1) is 5.92 Å². The summed E-state index contributed by atoms with van der Waals surface area (Å²) in [5.74, 6) is 0.902. The lowest BCUT2D eigenvalue weighted by molar-refractivity contribution is -0.140. The first-order chi connectivity index (χ1) is 8.58. The quantitative estimate of drug-likeness (QED) is 0.585. The molecule has 0 aliphatic rings. The largest absolute Gasteiger partial charge is 0.494 e. The lowest BCUT2D eigenvalue weighted by Gasteiger charge is -2.17. The van der Waals surface area contributed by atoms with Crippen molar-refractivity contribution in [3.05, 3.63) is 24.3 Å². The first kappa shape index (κ1) is 14.9. The molecule has 0 radical (unpaired) electrons. The van der Waals surface area contributed by atoms with Crippen molar-refractivity contribution in [3.63, 3.8) is 0 Å². The molecular weight excluding hydrogens is 248 g/mol. The summed E-state index contributed by atoms with van der Waals surface area (Å²) < 4.78 is 10.2. The van der Waals surface area contributed by atoms with E-state index in [1.807, 2.05) is 45.0 Å². The van der Waals surface area contributed by atoms with Gasteiger partial charge >= 0.3 is 5.97 Å². The van der Waals surface area contributed by atoms with Crippen molar-refractivity contribution in [1.29, 1.82) is 0 Å². The molecule has 4 heteroatoms. The van der Waals surface area contributed by atoms with Crippen molar-refractivity contribution < 1.29 is 14.3 Å². The summed E-state index contributed by atoms with van der Waals surface area (Å²) in [6.07, 6.45) is 0. The van der Waals surface area contributed by atoms with Crippen molar-refractivity contribution in [2.45, 2.75) is 30.9 Å². The van der Waals surface area contributed by atoms with Crippen LogP contribution in [0.1, 0.15) is 20.8 Å². The summed E-state index contributed by atoms with van der Waals surface area (Å²) in [7, 11) is 1.43. The SMILES string of the molecule is CCOc1ccc(SC(C(=O)OC)C(C)C)cc1. The summed E-state index contributed by atoms with van der Waals surface area (Å²) in [5, 5.41) is -0.173. The van der Waals surface area contributed by atoms with Gasteiger partial charge in [0.05, 0.1) is 13.7 Å². The summed E-state index contributed by atoms with van der Waals surface area (Å²) in [6.45, 7) is 6.64. The molecule has 0 bridgehead atoms. The number of benzene rings is 1. The highest BCUT2D eigenvalue weighted by Crippen LogP contribution is 2.30. The molecule has 0 aliphatic heterocycles. The van der Waals surface area contributed by atoms with Crippen molar-refractivity contribution >= 4 is 17.7 Å². The Morgan fingerprint density at radius 1 is 1.28 bits per heavy atom. The van der Waals surface area contributed by atoms with Crippen LogP contribution in [0.4, 0.5) is 0 Å². The highest BCUT2D eigenvalue weighted by atomic mass is 32.2. The second-order valence-electron chi connectivity index (χ2n) is 4.21. The van der Waals surface area contributed by atoms with E-state index in [0.29, 0.717) is 6.61 Å². The van der Waals surface area contributed by atoms with Gasteiger partial charge in [0.2, 0.25) is 0 Å². The van der Waals surface area contributed by atoms with Gasteiger partial charge in [0.15, 0.2) is 0 Å². The molecule has 18 heavy (non-hydrogen) atoms. The Bertz CT molecular complexity index is 373. The number of carbonyl (C=O) groups excluding carboxylic acids is 1. The second kappa shape index (κ2) is 7.31. The van der Waals surface area contributed by atoms with Gasteiger partial charge in [-0.2, -0.15) is 0 Å². The third kappa shape index (κ3) is 4.26. The fraction of sp³-hybridized carbons (Fsp3) is 0.500. The molecule has 1 unspecified atom stereocenters. The molecule has 0 saturated carbocycles. The lowest BCUT2D eigenvalue weighted by atomic mass is 10.1. The van der Waals surface area contributed by atoms with E-state index in [0.717, 1.165) is 10.6 Å². The van der Waals surface area contributed by atoms with Gasteiger partial charge in [-0.25, -0.2) is 0 Å². The number of methoxy groups -OCH3 is 1. The van der Waals surface area contributed by atoms with Crippen LogP contribution in [0.15, 0.2) is 29.2 Å². The van der Waals surface area contributed by atoms with Gasteiger partial charge in [-0.15, -0.1) is 11.8 Å². The standard InChI is InChI=1S/C14H20O3S/c1-5-17-11-6-8-12(9-7-11)18-13(10(2)3)14(15)16-4/h6-10,13H,5H2,1-4H3. The van der Waals surface area contributed by atoms with Gasteiger partial charge < -0.3 is 9.47 Å². The van der Waals surface area contributed by atoms with E-state index in [1.54, 1.807) is 0 Å². The molecule has 3 nitrogen and oxygen atoms in total. The number of hydrogen-bond acceptors (Lipinski definition) is 4. The molecule has 0 aliphatic carbocycles. The van der Waals surface area contributed by atoms with Crippen LogP contribution < -0.4 is 4.74 Å². The monoisotopic (exact) mass is 268 g/mol. The summed E-state index contributed by atoms with van der Waals surface area (Å²) >= 11 is 1.53.